The summed E-state index contributed by atoms with van der Waals surface area (Å²) in [6.45, 7) is -0.383. The van der Waals surface area contributed by atoms with Crippen molar-refractivity contribution in [3.05, 3.63) is 0 Å². The Bertz CT molecular complexity index is 267. The van der Waals surface area contributed by atoms with Crippen LogP contribution in [0.1, 0.15) is 6.92 Å². The highest BCUT2D eigenvalue weighted by atomic mass is 16.7. The summed E-state index contributed by atoms with van der Waals surface area (Å²) in [5, 5.41) is 37.3. The molecular weight excluding hydrogens is 224 g/mol. The van der Waals surface area contributed by atoms with Gasteiger partial charge in [0.25, 0.3) is 11.6 Å². The molecule has 0 fully saturated rings. The van der Waals surface area contributed by atoms with Gasteiger partial charge >= 0.3 is 5.97 Å². The molecule has 0 aliphatic rings. The third-order valence-corrected chi connectivity index (χ3v) is 1.93. The molecule has 0 aliphatic carbocycles. The predicted molar refractivity (Wildman–Crippen MR) is 47.8 cm³/mol. The molecule has 0 rings (SSSR count). The van der Waals surface area contributed by atoms with Gasteiger partial charge in [-0.15, -0.1) is 0 Å². The van der Waals surface area contributed by atoms with Gasteiger partial charge in [-0.05, 0) is 0 Å². The van der Waals surface area contributed by atoms with Gasteiger partial charge in [0.05, 0.1) is 0 Å². The van der Waals surface area contributed by atoms with Gasteiger partial charge in [0.2, 0.25) is 0 Å². The van der Waals surface area contributed by atoms with Crippen molar-refractivity contribution >= 4 is 12.3 Å². The van der Waals surface area contributed by atoms with Crippen LogP contribution in [0, 0.1) is 0 Å². The Labute approximate surface area is 91.0 Å². The van der Waals surface area contributed by atoms with Gasteiger partial charge in [0, 0.05) is 14.0 Å². The molecule has 0 saturated carbocycles. The van der Waals surface area contributed by atoms with Crippen molar-refractivity contribution in [2.75, 3.05) is 13.7 Å². The number of aliphatic hydroxyl groups excluding tert-OH is 2. The van der Waals surface area contributed by atoms with Crippen LogP contribution >= 0.6 is 0 Å². The molecule has 0 saturated heterocycles. The molecule has 0 spiro atoms. The fourth-order valence-corrected chi connectivity index (χ4v) is 1.06. The second-order valence-corrected chi connectivity index (χ2v) is 3.02. The molecular formula is C8H14O8. The number of hydrogen-bond acceptors (Lipinski definition) is 8. The molecule has 4 N–H and O–H groups in total. The molecule has 0 unspecified atom stereocenters. The van der Waals surface area contributed by atoms with Crippen LogP contribution < -0.4 is 0 Å². The van der Waals surface area contributed by atoms with E-state index in [1.165, 1.54) is 0 Å². The predicted octanol–water partition coefficient (Wildman–Crippen LogP) is -2.87. The molecule has 94 valence electrons. The van der Waals surface area contributed by atoms with Crippen molar-refractivity contribution in [3.63, 3.8) is 0 Å². The lowest BCUT2D eigenvalue weighted by Crippen LogP contribution is -2.66. The third-order valence-electron chi connectivity index (χ3n) is 1.93. The Hall–Kier alpha value is -1.06. The zero-order chi connectivity index (χ0) is 13.0. The van der Waals surface area contributed by atoms with E-state index < -0.39 is 30.3 Å². The highest BCUT2D eigenvalue weighted by molar-refractivity contribution is 5.67. The maximum Gasteiger partial charge on any atom is 0.305 e. The van der Waals surface area contributed by atoms with Crippen LogP contribution in [0.25, 0.3) is 0 Å². The normalized spacial score (nSPS) is 20.4. The van der Waals surface area contributed by atoms with E-state index in [0.717, 1.165) is 14.0 Å². The molecule has 0 aromatic rings. The lowest BCUT2D eigenvalue weighted by Gasteiger charge is -2.40. The first kappa shape index (κ1) is 14.9. The molecule has 0 bridgehead atoms. The zero-order valence-electron chi connectivity index (χ0n) is 8.78. The minimum atomic E-state index is -2.96. The van der Waals surface area contributed by atoms with Crippen molar-refractivity contribution in [2.45, 2.75) is 24.6 Å². The Kier molecular flexibility index (Phi) is 4.97. The zero-order valence-corrected chi connectivity index (χ0v) is 8.78. The number of carbonyl (C=O) groups is 2. The molecule has 16 heavy (non-hydrogen) atoms. The third kappa shape index (κ3) is 2.54. The van der Waals surface area contributed by atoms with Crippen molar-refractivity contribution in [2.24, 2.45) is 0 Å². The monoisotopic (exact) mass is 238 g/mol. The van der Waals surface area contributed by atoms with Crippen LogP contribution in [0.5, 0.6) is 0 Å². The number of esters is 1. The summed E-state index contributed by atoms with van der Waals surface area (Å²) in [6, 6.07) is 0. The maximum atomic E-state index is 10.7. The average molecular weight is 238 g/mol. The van der Waals surface area contributed by atoms with Gasteiger partial charge in [-0.3, -0.25) is 4.79 Å². The minimum absolute atomic E-state index is 0.145. The number of aldehydes is 1. The van der Waals surface area contributed by atoms with E-state index >= 15 is 0 Å². The molecule has 8 heteroatoms. The van der Waals surface area contributed by atoms with Gasteiger partial charge in [-0.1, -0.05) is 0 Å². The van der Waals surface area contributed by atoms with Crippen LogP contribution in [-0.4, -0.2) is 64.1 Å². The number of carbonyl (C=O) groups excluding carboxylic acids is 2. The summed E-state index contributed by atoms with van der Waals surface area (Å²) in [7, 11) is 0.844. The Morgan fingerprint density at radius 1 is 1.50 bits per heavy atom. The summed E-state index contributed by atoms with van der Waals surface area (Å²) in [4.78, 5) is 21.0. The standard InChI is InChI=1S/C8H14O8/c1-5(11)16-7(13,4-10)8(14,15-2)6(12)3-9/h3,6,10,12-14H,4H2,1-2H3/t6-,7+,8+/m0/s1. The van der Waals surface area contributed by atoms with Gasteiger partial charge in [-0.2, -0.15) is 0 Å². The van der Waals surface area contributed by atoms with Gasteiger partial charge in [0.1, 0.15) is 6.61 Å². The minimum Gasteiger partial charge on any atom is -0.425 e. The summed E-state index contributed by atoms with van der Waals surface area (Å²) in [6.07, 6.45) is -2.36. The molecule has 0 aliphatic heterocycles. The van der Waals surface area contributed by atoms with Gasteiger partial charge in [0.15, 0.2) is 12.4 Å². The summed E-state index contributed by atoms with van der Waals surface area (Å²) in [5.74, 6) is -6.96. The second kappa shape index (κ2) is 5.32. The fraction of sp³-hybridized carbons (Fsp3) is 0.750. The van der Waals surface area contributed by atoms with Crippen molar-refractivity contribution in [3.8, 4) is 0 Å². The lowest BCUT2D eigenvalue weighted by molar-refractivity contribution is -0.392. The maximum absolute atomic E-state index is 10.7. The summed E-state index contributed by atoms with van der Waals surface area (Å²) < 4.78 is 8.57. The van der Waals surface area contributed by atoms with Gasteiger partial charge in [-0.25, -0.2) is 0 Å². The Morgan fingerprint density at radius 2 is 2.00 bits per heavy atom. The van der Waals surface area contributed by atoms with Crippen molar-refractivity contribution in [1.29, 1.82) is 0 Å². The molecule has 0 radical (unpaired) electrons. The van der Waals surface area contributed by atoms with E-state index in [9.17, 15) is 19.8 Å². The first-order valence-electron chi connectivity index (χ1n) is 4.21. The first-order chi connectivity index (χ1) is 7.27. The van der Waals surface area contributed by atoms with E-state index in [1.807, 2.05) is 0 Å². The molecule has 0 amide bonds. The number of methoxy groups -OCH3 is 1. The summed E-state index contributed by atoms with van der Waals surface area (Å²) in [5.41, 5.74) is 0. The average Bonchev–Trinajstić information content (AvgIpc) is 2.25. The van der Waals surface area contributed by atoms with Crippen molar-refractivity contribution in [1.82, 2.24) is 0 Å². The van der Waals surface area contributed by atoms with Crippen LogP contribution in [0.15, 0.2) is 0 Å². The molecule has 0 heterocycles. The van der Waals surface area contributed by atoms with Gasteiger partial charge < -0.3 is 34.7 Å². The molecule has 8 nitrogen and oxygen atoms in total. The SMILES string of the molecule is CO[C@](O)([C@@H](O)C=O)[C@@](O)(CO)OC(C)=O. The number of hydrogen-bond donors (Lipinski definition) is 4. The van der Waals surface area contributed by atoms with Crippen LogP contribution in [-0.2, 0) is 19.1 Å². The number of aliphatic hydroxyl groups is 4. The van der Waals surface area contributed by atoms with E-state index in [1.54, 1.807) is 0 Å². The Balaban J connectivity index is 5.29. The molecule has 0 aromatic heterocycles. The topological polar surface area (TPSA) is 134 Å². The van der Waals surface area contributed by atoms with Crippen molar-refractivity contribution < 1.29 is 39.5 Å². The number of rotatable bonds is 6. The largest absolute Gasteiger partial charge is 0.425 e. The van der Waals surface area contributed by atoms with E-state index in [2.05, 4.69) is 9.47 Å². The molecule has 0 aromatic carbocycles. The number of ether oxygens (including phenoxy) is 2. The van der Waals surface area contributed by atoms with Crippen LogP contribution in [0.3, 0.4) is 0 Å². The Morgan fingerprint density at radius 3 is 2.25 bits per heavy atom. The fourth-order valence-electron chi connectivity index (χ4n) is 1.06. The van der Waals surface area contributed by atoms with E-state index in [4.69, 9.17) is 10.2 Å². The smallest absolute Gasteiger partial charge is 0.305 e. The van der Waals surface area contributed by atoms with Crippen LogP contribution in [0.2, 0.25) is 0 Å². The highest BCUT2D eigenvalue weighted by Crippen LogP contribution is 2.27. The first-order valence-corrected chi connectivity index (χ1v) is 4.21. The van der Waals surface area contributed by atoms with Crippen LogP contribution in [0.4, 0.5) is 0 Å². The van der Waals surface area contributed by atoms with E-state index in [0.29, 0.717) is 0 Å². The quantitative estimate of drug-likeness (QED) is 0.220. The lowest BCUT2D eigenvalue weighted by atomic mass is 10.0. The summed E-state index contributed by atoms with van der Waals surface area (Å²) >= 11 is 0. The van der Waals surface area contributed by atoms with E-state index in [-0.39, 0.29) is 6.29 Å². The molecule has 3 atom stereocenters. The second-order valence-electron chi connectivity index (χ2n) is 3.02. The highest BCUT2D eigenvalue weighted by Gasteiger charge is 2.58.